The van der Waals surface area contributed by atoms with Crippen LogP contribution in [-0.4, -0.2) is 358 Å². The Morgan fingerprint density at radius 3 is 0.527 bits per heavy atom. The van der Waals surface area contributed by atoms with Crippen molar-refractivity contribution in [1.82, 2.24) is 0 Å². The van der Waals surface area contributed by atoms with Crippen LogP contribution >= 0.6 is 39.1 Å². The molecule has 0 aromatic heterocycles. The van der Waals surface area contributed by atoms with E-state index in [9.17, 15) is 119 Å². The van der Waals surface area contributed by atoms with Gasteiger partial charge in [0.15, 0.2) is 0 Å². The molecular formula is C42H85N6O40P5. The zero-order chi connectivity index (χ0) is 69.6. The van der Waals surface area contributed by atoms with E-state index in [0.717, 1.165) is 0 Å². The van der Waals surface area contributed by atoms with Crippen molar-refractivity contribution < 1.29 is 192 Å². The van der Waals surface area contributed by atoms with Crippen molar-refractivity contribution in [3.63, 3.8) is 0 Å². The number of aliphatic hydroxyl groups excluding tert-OH is 14. The van der Waals surface area contributed by atoms with Crippen molar-refractivity contribution in [1.29, 1.82) is 0 Å². The highest BCUT2D eigenvalue weighted by molar-refractivity contribution is 7.48. The maximum Gasteiger partial charge on any atom is 0.472 e. The lowest BCUT2D eigenvalue weighted by atomic mass is 9.94. The van der Waals surface area contributed by atoms with E-state index in [0.29, 0.717) is 0 Å². The second-order valence-corrected chi connectivity index (χ2v) is 29.6. The quantitative estimate of drug-likeness (QED) is 0.0278. The molecule has 6 aliphatic rings. The molecule has 0 aliphatic carbocycles. The molecule has 93 heavy (non-hydrogen) atoms. The normalized spacial score (nSPS) is 45.3. The molecule has 0 amide bonds. The molecule has 46 nitrogen and oxygen atoms in total. The molecule has 0 saturated carbocycles. The van der Waals surface area contributed by atoms with Crippen molar-refractivity contribution in [2.24, 2.45) is 34.4 Å². The van der Waals surface area contributed by atoms with Crippen LogP contribution in [0.25, 0.3) is 0 Å². The summed E-state index contributed by atoms with van der Waals surface area (Å²) in [4.78, 5) is 52.2. The van der Waals surface area contributed by atoms with Gasteiger partial charge in [0.25, 0.3) is 0 Å². The minimum atomic E-state index is -5.33. The summed E-state index contributed by atoms with van der Waals surface area (Å²) in [5.41, 5.74) is 35.3. The molecule has 0 radical (unpaired) electrons. The van der Waals surface area contributed by atoms with E-state index < -0.39 is 301 Å². The van der Waals surface area contributed by atoms with E-state index in [2.05, 4.69) is 0 Å². The Balaban J connectivity index is 0.931. The van der Waals surface area contributed by atoms with Crippen LogP contribution < -0.4 is 34.4 Å². The lowest BCUT2D eigenvalue weighted by Crippen LogP contribution is -2.63. The first-order chi connectivity index (χ1) is 43.1. The maximum atomic E-state index is 13.1. The zero-order valence-corrected chi connectivity index (χ0v) is 53.0. The summed E-state index contributed by atoms with van der Waals surface area (Å²) in [6.45, 7) is -11.5. The maximum absolute atomic E-state index is 13.1. The van der Waals surface area contributed by atoms with Gasteiger partial charge in [-0.05, 0) is 0 Å². The number of hydrogen-bond acceptors (Lipinski definition) is 41. The smallest absolute Gasteiger partial charge is 0.394 e. The summed E-state index contributed by atoms with van der Waals surface area (Å²) in [6.07, 6.45) is -40.9. The molecule has 35 atom stereocenters. The molecule has 31 N–H and O–H groups in total. The van der Waals surface area contributed by atoms with E-state index in [-0.39, 0.29) is 0 Å². The third-order valence-corrected chi connectivity index (χ3v) is 20.6. The van der Waals surface area contributed by atoms with Crippen LogP contribution in [0, 0.1) is 0 Å². The Morgan fingerprint density at radius 2 is 0.355 bits per heavy atom. The third kappa shape index (κ3) is 21.8. The Morgan fingerprint density at radius 1 is 0.226 bits per heavy atom. The van der Waals surface area contributed by atoms with Gasteiger partial charge >= 0.3 is 39.1 Å². The number of phosphoric acid groups is 5. The van der Waals surface area contributed by atoms with Crippen molar-refractivity contribution in [3.05, 3.63) is 0 Å². The molecule has 0 bridgehead atoms. The molecule has 6 rings (SSSR count). The number of hydrogen-bond donors (Lipinski definition) is 25. The molecule has 548 valence electrons. The first-order valence-corrected chi connectivity index (χ1v) is 35.6. The molecule has 6 fully saturated rings. The molecule has 6 aliphatic heterocycles. The summed E-state index contributed by atoms with van der Waals surface area (Å²) >= 11 is 0. The minimum Gasteiger partial charge on any atom is -0.394 e. The van der Waals surface area contributed by atoms with E-state index in [1.54, 1.807) is 0 Å². The molecule has 0 spiro atoms. The Kier molecular flexibility index (Phi) is 30.2. The molecule has 0 aromatic carbocycles. The average Bonchev–Trinajstić information content (AvgIpc) is 1.27. The summed E-state index contributed by atoms with van der Waals surface area (Å²) in [5.74, 6) is 0. The van der Waals surface area contributed by atoms with Gasteiger partial charge < -0.3 is 159 Å². The summed E-state index contributed by atoms with van der Waals surface area (Å²) in [5, 5.41) is 145. The summed E-state index contributed by atoms with van der Waals surface area (Å²) < 4.78 is 146. The molecule has 0 aromatic rings. The monoisotopic (exact) mass is 1470 g/mol. The number of ether oxygens (including phenoxy) is 6. The average molecular weight is 1470 g/mol. The van der Waals surface area contributed by atoms with Crippen LogP contribution in [-0.2, 0) is 96.5 Å². The fourth-order valence-corrected chi connectivity index (χ4v) is 13.7. The van der Waals surface area contributed by atoms with Crippen LogP contribution in [0.15, 0.2) is 0 Å². The molecular weight excluding hydrogens is 1380 g/mol. The first-order valence-electron chi connectivity index (χ1n) is 28.1. The second-order valence-electron chi connectivity index (χ2n) is 22.3. The van der Waals surface area contributed by atoms with E-state index in [1.807, 2.05) is 0 Å². The van der Waals surface area contributed by atoms with E-state index in [1.165, 1.54) is 0 Å². The number of phosphoric ester groups is 5. The fraction of sp³-hybridized carbons (Fsp3) is 1.00. The molecule has 23 unspecified atom stereocenters. The third-order valence-electron chi connectivity index (χ3n) is 15.8. The number of rotatable bonds is 32. The van der Waals surface area contributed by atoms with Gasteiger partial charge in [-0.3, -0.25) is 45.2 Å². The van der Waals surface area contributed by atoms with Crippen LogP contribution in [0.2, 0.25) is 0 Å². The van der Waals surface area contributed by atoms with Crippen molar-refractivity contribution in [3.8, 4) is 0 Å². The SMILES string of the molecule is NC1C(O)C(O)[C@@H](CO)O[C@H]1COP(=O)(O)OC[C@H]1O[C@@H](COP(=O)(O)OC[C@H]2O[C@@H](COP(=O)(O)OC[C@H]3O[C@@H](COP(=O)(O)OC[C@H]4O[C@@H](COP(=O)(O)OC[C@H]5O[C@@H](CO)C(N)C(O)C5O)C(N)C(O)C4O)C(N)C(O)C3O)C(N)C(O)C2O)C(N)C(O)C1O. The first kappa shape index (κ1) is 81.5. The number of aliphatic hydroxyl groups is 14. The largest absolute Gasteiger partial charge is 0.472 e. The van der Waals surface area contributed by atoms with Crippen molar-refractivity contribution >= 4 is 39.1 Å². The second kappa shape index (κ2) is 34.5. The predicted molar refractivity (Wildman–Crippen MR) is 295 cm³/mol. The summed E-state index contributed by atoms with van der Waals surface area (Å²) in [6, 6.07) is -8.90. The van der Waals surface area contributed by atoms with Gasteiger partial charge in [-0.15, -0.1) is 0 Å². The van der Waals surface area contributed by atoms with Gasteiger partial charge in [0, 0.05) is 0 Å². The molecule has 6 heterocycles. The van der Waals surface area contributed by atoms with Gasteiger partial charge in [0.2, 0.25) is 0 Å². The summed E-state index contributed by atoms with van der Waals surface area (Å²) in [7, 11) is -26.1. The predicted octanol–water partition coefficient (Wildman–Crippen LogP) is -13.5. The minimum absolute atomic E-state index is 0.688. The van der Waals surface area contributed by atoms with E-state index >= 15 is 0 Å². The van der Waals surface area contributed by atoms with Crippen LogP contribution in [0.1, 0.15) is 0 Å². The highest BCUT2D eigenvalue weighted by Gasteiger charge is 2.51. The Labute approximate surface area is 526 Å². The van der Waals surface area contributed by atoms with Gasteiger partial charge in [-0.25, -0.2) is 22.8 Å². The van der Waals surface area contributed by atoms with Gasteiger partial charge in [0.1, 0.15) is 110 Å². The van der Waals surface area contributed by atoms with Gasteiger partial charge in [-0.1, -0.05) is 0 Å². The van der Waals surface area contributed by atoms with E-state index in [4.69, 9.17) is 108 Å². The van der Waals surface area contributed by atoms with Crippen LogP contribution in [0.4, 0.5) is 0 Å². The van der Waals surface area contributed by atoms with Crippen molar-refractivity contribution in [2.45, 2.75) is 183 Å². The molecule has 51 heteroatoms. The lowest BCUT2D eigenvalue weighted by molar-refractivity contribution is -0.201. The van der Waals surface area contributed by atoms with Gasteiger partial charge in [0.05, 0.1) is 152 Å². The molecule has 6 saturated heterocycles. The number of nitrogens with two attached hydrogens (primary N) is 6. The lowest BCUT2D eigenvalue weighted by Gasteiger charge is -2.42. The highest BCUT2D eigenvalue weighted by atomic mass is 31.2. The standard InChI is InChI=1S/C42H85N6O40P5/c43-25-13(1-49)83-20(32(52)37(25)57)8-78-90(65,66)74-4-16-27(45)39(59)34(54)22(85-16)10-80-92(69,70)76-6-18-29(47)41(61)36(56)24(87-18)12-82-93(71,72)77-7-19-30(48)42(62)35(55)23(88-19)11-81-91(67,68)75-5-17-28(46)40(60)33(53)21(86-17)9-79-89(63,64)73-3-15-26(44)38(58)31(51)14(2-50)84-15/h13-42,49-62H,1-12,43-48H2,(H,63,64)(H,65,66)(H,67,68)(H,69,70)(H,71,72)/t13-,14+,15-,16-,17-,18-,19-,20+,21+,22+,23+,24+,25?,26?,27?,28?,29?,30?,31?,32?,33?,34?,35?,36?,37?,38?,39?,40?,41?,42?/m0/s1. The van der Waals surface area contributed by atoms with Crippen LogP contribution in [0.5, 0.6) is 0 Å². The van der Waals surface area contributed by atoms with Crippen molar-refractivity contribution in [2.75, 3.05) is 79.3 Å². The Bertz CT molecular complexity index is 2430. The van der Waals surface area contributed by atoms with Gasteiger partial charge in [-0.2, -0.15) is 0 Å². The van der Waals surface area contributed by atoms with Crippen LogP contribution in [0.3, 0.4) is 0 Å². The zero-order valence-electron chi connectivity index (χ0n) is 48.6. The fourth-order valence-electron chi connectivity index (χ4n) is 10.00. The topological polar surface area (TPSA) is 774 Å². The Hall–Kier alpha value is -0.490. The highest BCUT2D eigenvalue weighted by Crippen LogP contribution is 2.49.